The summed E-state index contributed by atoms with van der Waals surface area (Å²) in [5, 5.41) is 10.9. The van der Waals surface area contributed by atoms with E-state index in [0.29, 0.717) is 16.3 Å². The third-order valence-electron chi connectivity index (χ3n) is 3.83. The maximum absolute atomic E-state index is 11.9. The minimum Gasteiger partial charge on any atom is -0.489 e. The van der Waals surface area contributed by atoms with E-state index in [9.17, 15) is 10.0 Å². The van der Waals surface area contributed by atoms with Crippen LogP contribution in [0.4, 0.5) is 5.69 Å². The van der Waals surface area contributed by atoms with Crippen molar-refractivity contribution in [1.29, 1.82) is 0 Å². The van der Waals surface area contributed by atoms with E-state index in [1.54, 1.807) is 19.1 Å². The summed E-state index contributed by atoms with van der Waals surface area (Å²) in [7, 11) is 0. The molecule has 4 nitrogen and oxygen atoms in total. The highest BCUT2D eigenvalue weighted by molar-refractivity contribution is 5.93. The summed E-state index contributed by atoms with van der Waals surface area (Å²) in [5.41, 5.74) is 4.04. The Balaban J connectivity index is 2.32. The van der Waals surface area contributed by atoms with Crippen molar-refractivity contribution in [3.63, 3.8) is 0 Å². The van der Waals surface area contributed by atoms with Gasteiger partial charge in [-0.1, -0.05) is 55.5 Å². The van der Waals surface area contributed by atoms with Gasteiger partial charge in [-0.3, -0.25) is 10.0 Å². The lowest BCUT2D eigenvalue weighted by molar-refractivity contribution is -0.123. The van der Waals surface area contributed by atoms with Gasteiger partial charge in [-0.2, -0.15) is 5.06 Å². The highest BCUT2D eigenvalue weighted by atomic mass is 16.5. The molecule has 1 amide bonds. The molecule has 0 radical (unpaired) electrons. The lowest BCUT2D eigenvalue weighted by atomic mass is 10.1. The molecule has 0 heterocycles. The third kappa shape index (κ3) is 3.84. The largest absolute Gasteiger partial charge is 0.489 e. The lowest BCUT2D eigenvalue weighted by Crippen LogP contribution is -2.28. The fourth-order valence-electron chi connectivity index (χ4n) is 2.54. The molecule has 0 saturated heterocycles. The van der Waals surface area contributed by atoms with Crippen molar-refractivity contribution in [2.24, 2.45) is 0 Å². The molecule has 0 aromatic heterocycles. The van der Waals surface area contributed by atoms with Gasteiger partial charge in [0.1, 0.15) is 12.4 Å². The van der Waals surface area contributed by atoms with E-state index >= 15 is 0 Å². The summed E-state index contributed by atoms with van der Waals surface area (Å²) in [6.07, 6.45) is 1.82. The van der Waals surface area contributed by atoms with E-state index in [-0.39, 0.29) is 18.9 Å². The Morgan fingerprint density at radius 3 is 2.67 bits per heavy atom. The number of hydroxylamine groups is 1. The predicted octanol–water partition coefficient (Wildman–Crippen LogP) is 4.66. The Bertz CT molecular complexity index is 753. The molecule has 1 N–H and O–H groups in total. The minimum atomic E-state index is -0.378. The van der Waals surface area contributed by atoms with Gasteiger partial charge in [-0.15, -0.1) is 0 Å². The summed E-state index contributed by atoms with van der Waals surface area (Å²) in [5.74, 6) is 0.402. The van der Waals surface area contributed by atoms with Gasteiger partial charge in [0.05, 0.1) is 5.69 Å². The maximum atomic E-state index is 11.9. The molecule has 2 rings (SSSR count). The van der Waals surface area contributed by atoms with Gasteiger partial charge in [0.25, 0.3) is 0 Å². The first-order valence-corrected chi connectivity index (χ1v) is 7.94. The second-order valence-corrected chi connectivity index (χ2v) is 5.68. The van der Waals surface area contributed by atoms with Crippen molar-refractivity contribution in [3.8, 4) is 5.75 Å². The number of aryl methyl sites for hydroxylation is 2. The number of hydrogen-bond donors (Lipinski definition) is 1. The average Bonchev–Trinajstić information content (AvgIpc) is 2.59. The standard InChI is InChI=1S/C20H23NO3/c1-5-16-8-7-9-17(20(16)21(23)19(22)6-2)13-24-18-11-10-14(3)12-15(18)4/h5,7-12,23H,1,6,13H2,2-4H3. The molecule has 0 aliphatic carbocycles. The van der Waals surface area contributed by atoms with Crippen molar-refractivity contribution in [2.75, 3.05) is 5.06 Å². The van der Waals surface area contributed by atoms with Crippen LogP contribution in [0.1, 0.15) is 35.6 Å². The van der Waals surface area contributed by atoms with Crippen LogP contribution in [0.15, 0.2) is 43.0 Å². The molecule has 2 aromatic carbocycles. The van der Waals surface area contributed by atoms with Crippen molar-refractivity contribution in [2.45, 2.75) is 33.8 Å². The van der Waals surface area contributed by atoms with Crippen molar-refractivity contribution < 1.29 is 14.7 Å². The second-order valence-electron chi connectivity index (χ2n) is 5.68. The summed E-state index contributed by atoms with van der Waals surface area (Å²) in [6, 6.07) is 11.5. The van der Waals surface area contributed by atoms with E-state index in [1.165, 1.54) is 5.56 Å². The zero-order valence-corrected chi connectivity index (χ0v) is 14.4. The number of benzene rings is 2. The third-order valence-corrected chi connectivity index (χ3v) is 3.83. The summed E-state index contributed by atoms with van der Waals surface area (Å²) < 4.78 is 5.90. The number of amides is 1. The zero-order chi connectivity index (χ0) is 17.7. The summed E-state index contributed by atoms with van der Waals surface area (Å²) in [6.45, 7) is 9.72. The number of hydrogen-bond acceptors (Lipinski definition) is 3. The number of rotatable bonds is 6. The molecular formula is C20H23NO3. The molecule has 126 valence electrons. The van der Waals surface area contributed by atoms with E-state index in [2.05, 4.69) is 12.6 Å². The highest BCUT2D eigenvalue weighted by Gasteiger charge is 2.18. The average molecular weight is 325 g/mol. The lowest BCUT2D eigenvalue weighted by Gasteiger charge is -2.21. The second kappa shape index (κ2) is 7.79. The fraction of sp³-hybridized carbons (Fsp3) is 0.250. The van der Waals surface area contributed by atoms with Crippen LogP contribution in [0, 0.1) is 13.8 Å². The first-order chi connectivity index (χ1) is 11.5. The Kier molecular flexibility index (Phi) is 5.77. The molecule has 4 heteroatoms. The molecular weight excluding hydrogens is 302 g/mol. The van der Waals surface area contributed by atoms with E-state index in [4.69, 9.17) is 4.74 Å². The molecule has 0 fully saturated rings. The predicted molar refractivity (Wildman–Crippen MR) is 96.3 cm³/mol. The van der Waals surface area contributed by atoms with Crippen LogP contribution < -0.4 is 9.80 Å². The molecule has 0 atom stereocenters. The number of para-hydroxylation sites is 1. The zero-order valence-electron chi connectivity index (χ0n) is 14.4. The Hall–Kier alpha value is -2.59. The summed E-state index contributed by atoms with van der Waals surface area (Å²) in [4.78, 5) is 11.9. The van der Waals surface area contributed by atoms with Gasteiger partial charge < -0.3 is 4.74 Å². The van der Waals surface area contributed by atoms with Gasteiger partial charge in [0.15, 0.2) is 0 Å². The SMILES string of the molecule is C=Cc1cccc(COc2ccc(C)cc2C)c1N(O)C(=O)CC. The first kappa shape index (κ1) is 17.8. The number of anilines is 1. The number of carbonyl (C=O) groups excluding carboxylic acids is 1. The molecule has 0 saturated carbocycles. The van der Waals surface area contributed by atoms with Crippen LogP contribution in [0.5, 0.6) is 5.75 Å². The van der Waals surface area contributed by atoms with Crippen LogP contribution in [0.3, 0.4) is 0 Å². The molecule has 0 unspecified atom stereocenters. The van der Waals surface area contributed by atoms with Gasteiger partial charge in [0, 0.05) is 17.5 Å². The minimum absolute atomic E-state index is 0.208. The van der Waals surface area contributed by atoms with E-state index in [1.807, 2.05) is 38.1 Å². The van der Waals surface area contributed by atoms with Crippen LogP contribution in [0.2, 0.25) is 0 Å². The number of nitrogens with zero attached hydrogens (tertiary/aromatic N) is 1. The monoisotopic (exact) mass is 325 g/mol. The normalized spacial score (nSPS) is 10.3. The van der Waals surface area contributed by atoms with Gasteiger partial charge in [-0.25, -0.2) is 0 Å². The van der Waals surface area contributed by atoms with E-state index < -0.39 is 0 Å². The molecule has 0 aliphatic heterocycles. The topological polar surface area (TPSA) is 49.8 Å². The molecule has 0 bridgehead atoms. The Morgan fingerprint density at radius 2 is 2.04 bits per heavy atom. The van der Waals surface area contributed by atoms with Crippen molar-refractivity contribution in [3.05, 3.63) is 65.2 Å². The van der Waals surface area contributed by atoms with E-state index in [0.717, 1.165) is 16.9 Å². The fourth-order valence-corrected chi connectivity index (χ4v) is 2.54. The summed E-state index contributed by atoms with van der Waals surface area (Å²) >= 11 is 0. The molecule has 0 aliphatic rings. The Morgan fingerprint density at radius 1 is 1.29 bits per heavy atom. The van der Waals surface area contributed by atoms with Crippen LogP contribution in [0.25, 0.3) is 6.08 Å². The van der Waals surface area contributed by atoms with Crippen LogP contribution >= 0.6 is 0 Å². The number of ether oxygens (including phenoxy) is 1. The van der Waals surface area contributed by atoms with Crippen molar-refractivity contribution >= 4 is 17.7 Å². The molecule has 2 aromatic rings. The Labute approximate surface area is 143 Å². The molecule has 24 heavy (non-hydrogen) atoms. The van der Waals surface area contributed by atoms with Gasteiger partial charge in [0.2, 0.25) is 5.91 Å². The van der Waals surface area contributed by atoms with Gasteiger partial charge in [-0.05, 0) is 25.5 Å². The quantitative estimate of drug-likeness (QED) is 0.621. The highest BCUT2D eigenvalue weighted by Crippen LogP contribution is 2.28. The molecule has 0 spiro atoms. The first-order valence-electron chi connectivity index (χ1n) is 7.94. The smallest absolute Gasteiger partial charge is 0.250 e. The van der Waals surface area contributed by atoms with Crippen LogP contribution in [-0.4, -0.2) is 11.1 Å². The number of carbonyl (C=O) groups is 1. The van der Waals surface area contributed by atoms with Gasteiger partial charge >= 0.3 is 0 Å². The maximum Gasteiger partial charge on any atom is 0.250 e. The van der Waals surface area contributed by atoms with Crippen molar-refractivity contribution in [1.82, 2.24) is 0 Å². The van der Waals surface area contributed by atoms with Crippen LogP contribution in [-0.2, 0) is 11.4 Å².